The maximum absolute atomic E-state index is 13.4. The molecule has 0 aliphatic carbocycles. The van der Waals surface area contributed by atoms with Gasteiger partial charge in [-0.25, -0.2) is 18.4 Å². The van der Waals surface area contributed by atoms with E-state index >= 15 is 0 Å². The number of pyridine rings is 1. The molecule has 3 aliphatic heterocycles. The van der Waals surface area contributed by atoms with Crippen LogP contribution in [0.3, 0.4) is 0 Å². The van der Waals surface area contributed by atoms with Crippen LogP contribution in [0.1, 0.15) is 24.8 Å². The number of ether oxygens (including phenoxy) is 2. The zero-order valence-electron chi connectivity index (χ0n) is 20.7. The van der Waals surface area contributed by atoms with Crippen LogP contribution < -0.4 is 20.3 Å². The van der Waals surface area contributed by atoms with Gasteiger partial charge in [-0.3, -0.25) is 0 Å². The van der Waals surface area contributed by atoms with Gasteiger partial charge in [-0.15, -0.1) is 0 Å². The molecule has 0 spiro atoms. The van der Waals surface area contributed by atoms with Crippen molar-refractivity contribution in [3.05, 3.63) is 30.1 Å². The number of hydrogen-bond donors (Lipinski definition) is 2. The van der Waals surface area contributed by atoms with Gasteiger partial charge in [-0.05, 0) is 25.0 Å². The van der Waals surface area contributed by atoms with Crippen molar-refractivity contribution in [2.45, 2.75) is 42.5 Å². The van der Waals surface area contributed by atoms with Crippen molar-refractivity contribution in [3.8, 4) is 5.88 Å². The van der Waals surface area contributed by atoms with Crippen molar-refractivity contribution in [3.63, 3.8) is 0 Å². The minimum Gasteiger partial charge on any atom is -0.471 e. The lowest BCUT2D eigenvalue weighted by Crippen LogP contribution is -2.44. The molecule has 11 nitrogen and oxygen atoms in total. The number of sulfonamides is 1. The van der Waals surface area contributed by atoms with E-state index in [0.29, 0.717) is 32.1 Å². The van der Waals surface area contributed by atoms with Gasteiger partial charge in [0.15, 0.2) is 0 Å². The Hall–Kier alpha value is -2.75. The Kier molecular flexibility index (Phi) is 7.88. The predicted octanol–water partition coefficient (Wildman–Crippen LogP) is 1.73. The van der Waals surface area contributed by atoms with Gasteiger partial charge in [0, 0.05) is 64.1 Å². The molecular formula is C23H30F3N7O4S. The topological polar surface area (TPSA) is 122 Å². The van der Waals surface area contributed by atoms with Crippen molar-refractivity contribution < 1.29 is 31.1 Å². The molecule has 15 heteroatoms. The number of hydrogen-bond acceptors (Lipinski definition) is 10. The molecule has 2 aromatic rings. The second-order valence-corrected chi connectivity index (χ2v) is 11.4. The van der Waals surface area contributed by atoms with Crippen LogP contribution in [0.15, 0.2) is 29.4 Å². The smallest absolute Gasteiger partial charge is 0.423 e. The second kappa shape index (κ2) is 11.2. The Morgan fingerprint density at radius 1 is 1.05 bits per heavy atom. The highest BCUT2D eigenvalue weighted by Gasteiger charge is 2.38. The third-order valence-electron chi connectivity index (χ3n) is 6.81. The van der Waals surface area contributed by atoms with Gasteiger partial charge < -0.3 is 25.0 Å². The fourth-order valence-corrected chi connectivity index (χ4v) is 6.08. The van der Waals surface area contributed by atoms with E-state index in [-0.39, 0.29) is 36.6 Å². The van der Waals surface area contributed by atoms with Crippen molar-refractivity contribution in [1.82, 2.24) is 24.6 Å². The zero-order chi connectivity index (χ0) is 26.8. The van der Waals surface area contributed by atoms with E-state index in [1.54, 1.807) is 12.1 Å². The summed E-state index contributed by atoms with van der Waals surface area (Å²) in [6.45, 7) is 4.42. The minimum atomic E-state index is -4.66. The monoisotopic (exact) mass is 557 g/mol. The Balaban J connectivity index is 1.20. The molecule has 3 saturated heterocycles. The van der Waals surface area contributed by atoms with Crippen molar-refractivity contribution in [2.75, 3.05) is 62.7 Å². The summed E-state index contributed by atoms with van der Waals surface area (Å²) >= 11 is 0. The summed E-state index contributed by atoms with van der Waals surface area (Å²) in [5.74, 6) is 0.205. The van der Waals surface area contributed by atoms with Crippen LogP contribution in [0.2, 0.25) is 0 Å². The van der Waals surface area contributed by atoms with E-state index in [0.717, 1.165) is 32.0 Å². The van der Waals surface area contributed by atoms with E-state index in [1.165, 1.54) is 10.5 Å². The van der Waals surface area contributed by atoms with Crippen LogP contribution in [-0.4, -0.2) is 92.3 Å². The standard InChI is InChI=1S/C23H30F3N7O4S/c24-23(25,26)19-14-29-22(31-21(19)37-17-5-12-36-15-17)30-16-3-8-33(9-4-16)38(34,35)18-1-2-20(28-13-18)32-10-6-27-7-11-32/h1-2,13-14,16-17,27H,3-12,15H2,(H,29,30,31)/t17-/m0/s1. The van der Waals surface area contributed by atoms with Gasteiger partial charge in [0.25, 0.3) is 0 Å². The molecule has 0 radical (unpaired) electrons. The van der Waals surface area contributed by atoms with Gasteiger partial charge >= 0.3 is 6.18 Å². The molecule has 5 rings (SSSR count). The number of anilines is 2. The Bertz CT molecular complexity index is 1200. The molecule has 38 heavy (non-hydrogen) atoms. The number of nitrogens with one attached hydrogen (secondary N) is 2. The van der Waals surface area contributed by atoms with E-state index < -0.39 is 33.7 Å². The molecule has 3 fully saturated rings. The van der Waals surface area contributed by atoms with E-state index in [9.17, 15) is 21.6 Å². The highest BCUT2D eigenvalue weighted by Crippen LogP contribution is 2.36. The summed E-state index contributed by atoms with van der Waals surface area (Å²) in [6.07, 6.45) is -1.73. The molecule has 5 heterocycles. The fraction of sp³-hybridized carbons (Fsp3) is 0.609. The molecular weight excluding hydrogens is 527 g/mol. The molecule has 3 aliphatic rings. The summed E-state index contributed by atoms with van der Waals surface area (Å²) < 4.78 is 78.7. The number of alkyl halides is 3. The highest BCUT2D eigenvalue weighted by molar-refractivity contribution is 7.89. The van der Waals surface area contributed by atoms with Crippen LogP contribution in [0, 0.1) is 0 Å². The lowest BCUT2D eigenvalue weighted by Gasteiger charge is -2.32. The largest absolute Gasteiger partial charge is 0.471 e. The van der Waals surface area contributed by atoms with Gasteiger partial charge in [0.05, 0.1) is 13.2 Å². The molecule has 2 N–H and O–H groups in total. The van der Waals surface area contributed by atoms with Gasteiger partial charge in [0.2, 0.25) is 21.9 Å². The van der Waals surface area contributed by atoms with E-state index in [1.807, 2.05) is 0 Å². The third kappa shape index (κ3) is 6.11. The van der Waals surface area contributed by atoms with Crippen LogP contribution >= 0.6 is 0 Å². The summed E-state index contributed by atoms with van der Waals surface area (Å²) in [5.41, 5.74) is -1.05. The Morgan fingerprint density at radius 3 is 2.45 bits per heavy atom. The first-order valence-corrected chi connectivity index (χ1v) is 14.0. The number of aromatic nitrogens is 3. The quantitative estimate of drug-likeness (QED) is 0.521. The molecule has 0 bridgehead atoms. The maximum Gasteiger partial charge on any atom is 0.423 e. The van der Waals surface area contributed by atoms with E-state index in [4.69, 9.17) is 9.47 Å². The van der Waals surface area contributed by atoms with Gasteiger partial charge in [-0.2, -0.15) is 22.5 Å². The van der Waals surface area contributed by atoms with Crippen LogP contribution in [0.4, 0.5) is 24.9 Å². The Labute approximate surface area is 218 Å². The number of nitrogens with zero attached hydrogens (tertiary/aromatic N) is 5. The van der Waals surface area contributed by atoms with E-state index in [2.05, 4.69) is 30.5 Å². The molecule has 0 unspecified atom stereocenters. The van der Waals surface area contributed by atoms with Crippen molar-refractivity contribution in [2.24, 2.45) is 0 Å². The second-order valence-electron chi connectivity index (χ2n) is 9.43. The number of piperazine rings is 1. The first-order chi connectivity index (χ1) is 18.2. The summed E-state index contributed by atoms with van der Waals surface area (Å²) in [6, 6.07) is 3.09. The average Bonchev–Trinajstić information content (AvgIpc) is 3.42. The predicted molar refractivity (Wildman–Crippen MR) is 132 cm³/mol. The molecule has 1 atom stereocenters. The molecule has 0 amide bonds. The molecule has 208 valence electrons. The maximum atomic E-state index is 13.4. The SMILES string of the molecule is O=S(=O)(c1ccc(N2CCNCC2)nc1)N1CCC(Nc2ncc(C(F)(F)F)c(O[C@H]3CCOC3)n2)CC1. The van der Waals surface area contributed by atoms with Crippen molar-refractivity contribution in [1.29, 1.82) is 0 Å². The van der Waals surface area contributed by atoms with Crippen molar-refractivity contribution >= 4 is 21.8 Å². The number of piperidine rings is 1. The average molecular weight is 558 g/mol. The fourth-order valence-electron chi connectivity index (χ4n) is 4.66. The van der Waals surface area contributed by atoms with Gasteiger partial charge in [-0.1, -0.05) is 0 Å². The lowest BCUT2D eigenvalue weighted by atomic mass is 10.1. The number of rotatable bonds is 7. The number of halogens is 3. The summed E-state index contributed by atoms with van der Waals surface area (Å²) in [5, 5.41) is 6.30. The molecule has 0 aromatic carbocycles. The molecule has 2 aromatic heterocycles. The minimum absolute atomic E-state index is 0.000856. The highest BCUT2D eigenvalue weighted by atomic mass is 32.2. The van der Waals surface area contributed by atoms with Crippen LogP contribution in [-0.2, 0) is 20.9 Å². The zero-order valence-corrected chi connectivity index (χ0v) is 21.5. The van der Waals surface area contributed by atoms with Crippen LogP contribution in [0.5, 0.6) is 5.88 Å². The normalized spacial score (nSPS) is 22.0. The summed E-state index contributed by atoms with van der Waals surface area (Å²) in [4.78, 5) is 14.4. The summed E-state index contributed by atoms with van der Waals surface area (Å²) in [7, 11) is -3.72. The Morgan fingerprint density at radius 2 is 1.82 bits per heavy atom. The molecule has 0 saturated carbocycles. The third-order valence-corrected chi connectivity index (χ3v) is 8.69. The first-order valence-electron chi connectivity index (χ1n) is 12.6. The lowest BCUT2D eigenvalue weighted by molar-refractivity contribution is -0.139. The van der Waals surface area contributed by atoms with Gasteiger partial charge in [0.1, 0.15) is 22.4 Å². The first kappa shape index (κ1) is 26.8. The van der Waals surface area contributed by atoms with Crippen LogP contribution in [0.25, 0.3) is 0 Å².